The van der Waals surface area contributed by atoms with Crippen molar-refractivity contribution in [3.63, 3.8) is 0 Å². The molecule has 1 saturated carbocycles. The lowest BCUT2D eigenvalue weighted by atomic mass is 9.69. The van der Waals surface area contributed by atoms with Crippen molar-refractivity contribution in [3.05, 3.63) is 0 Å². The first kappa shape index (κ1) is 13.3. The van der Waals surface area contributed by atoms with E-state index < -0.39 is 11.4 Å². The maximum Gasteiger partial charge on any atom is 0.311 e. The Morgan fingerprint density at radius 3 is 2.44 bits per heavy atom. The summed E-state index contributed by atoms with van der Waals surface area (Å²) in [6.45, 7) is 4.21. The van der Waals surface area contributed by atoms with Gasteiger partial charge in [0.1, 0.15) is 0 Å². The van der Waals surface area contributed by atoms with Crippen LogP contribution in [0.5, 0.6) is 0 Å². The highest BCUT2D eigenvalue weighted by Crippen LogP contribution is 2.40. The molecule has 0 aromatic heterocycles. The summed E-state index contributed by atoms with van der Waals surface area (Å²) in [5, 5.41) is 15.1. The van der Waals surface area contributed by atoms with E-state index in [2.05, 4.69) is 15.5 Å². The second kappa shape index (κ2) is 5.67. The zero-order chi connectivity index (χ0) is 13.0. The van der Waals surface area contributed by atoms with Gasteiger partial charge in [-0.3, -0.25) is 14.5 Å². The second-order valence-electron chi connectivity index (χ2n) is 5.24. The molecule has 2 aliphatic rings. The van der Waals surface area contributed by atoms with Crippen LogP contribution in [0.2, 0.25) is 0 Å². The topological polar surface area (TPSA) is 81.7 Å². The highest BCUT2D eigenvalue weighted by atomic mass is 16.4. The molecule has 1 saturated heterocycles. The fourth-order valence-electron chi connectivity index (χ4n) is 2.47. The Labute approximate surface area is 107 Å². The Bertz CT molecular complexity index is 323. The van der Waals surface area contributed by atoms with E-state index in [1.54, 1.807) is 0 Å². The zero-order valence-electron chi connectivity index (χ0n) is 10.6. The first-order valence-electron chi connectivity index (χ1n) is 6.56. The Morgan fingerprint density at radius 1 is 1.28 bits per heavy atom. The summed E-state index contributed by atoms with van der Waals surface area (Å²) in [6, 6.07) is 0. The van der Waals surface area contributed by atoms with Gasteiger partial charge in [-0.25, -0.2) is 0 Å². The van der Waals surface area contributed by atoms with Gasteiger partial charge in [-0.1, -0.05) is 6.42 Å². The van der Waals surface area contributed by atoms with Gasteiger partial charge in [-0.15, -0.1) is 0 Å². The minimum atomic E-state index is -0.781. The van der Waals surface area contributed by atoms with E-state index >= 15 is 0 Å². The van der Waals surface area contributed by atoms with Crippen LogP contribution in [0.1, 0.15) is 19.3 Å². The predicted octanol–water partition coefficient (Wildman–Crippen LogP) is -0.737. The molecular formula is C12H21N3O3. The number of carboxylic acid groups (broad SMARTS) is 1. The van der Waals surface area contributed by atoms with Crippen LogP contribution in [-0.4, -0.2) is 61.2 Å². The minimum Gasteiger partial charge on any atom is -0.481 e. The molecule has 0 aromatic carbocycles. The Hall–Kier alpha value is -1.14. The van der Waals surface area contributed by atoms with Crippen LogP contribution in [-0.2, 0) is 9.59 Å². The van der Waals surface area contributed by atoms with E-state index in [0.717, 1.165) is 32.6 Å². The van der Waals surface area contributed by atoms with Crippen molar-refractivity contribution < 1.29 is 14.7 Å². The quantitative estimate of drug-likeness (QED) is 0.603. The monoisotopic (exact) mass is 255 g/mol. The first-order valence-corrected chi connectivity index (χ1v) is 6.56. The molecular weight excluding hydrogens is 234 g/mol. The van der Waals surface area contributed by atoms with Crippen LogP contribution in [0.3, 0.4) is 0 Å². The number of carbonyl (C=O) groups excluding carboxylic acids is 1. The maximum absolute atomic E-state index is 11.8. The van der Waals surface area contributed by atoms with Crippen LogP contribution in [0.4, 0.5) is 0 Å². The molecule has 6 nitrogen and oxygen atoms in total. The van der Waals surface area contributed by atoms with Gasteiger partial charge in [0.05, 0.1) is 12.0 Å². The van der Waals surface area contributed by atoms with Crippen LogP contribution in [0.15, 0.2) is 0 Å². The number of carboxylic acids is 1. The molecule has 0 aromatic rings. The number of aliphatic carboxylic acids is 1. The Morgan fingerprint density at radius 2 is 1.94 bits per heavy atom. The van der Waals surface area contributed by atoms with E-state index in [9.17, 15) is 9.59 Å². The first-order chi connectivity index (χ1) is 8.62. The number of nitrogens with one attached hydrogen (secondary N) is 2. The minimum absolute atomic E-state index is 0.0653. The van der Waals surface area contributed by atoms with E-state index in [-0.39, 0.29) is 12.5 Å². The zero-order valence-corrected chi connectivity index (χ0v) is 10.6. The predicted molar refractivity (Wildman–Crippen MR) is 66.2 cm³/mol. The average molecular weight is 255 g/mol. The Balaban J connectivity index is 1.72. The molecule has 2 rings (SSSR count). The molecule has 18 heavy (non-hydrogen) atoms. The molecule has 102 valence electrons. The summed E-state index contributed by atoms with van der Waals surface area (Å²) >= 11 is 0. The van der Waals surface area contributed by atoms with Gasteiger partial charge in [0, 0.05) is 32.7 Å². The van der Waals surface area contributed by atoms with Gasteiger partial charge < -0.3 is 15.7 Å². The smallest absolute Gasteiger partial charge is 0.311 e. The maximum atomic E-state index is 11.8. The van der Waals surface area contributed by atoms with Crippen molar-refractivity contribution in [2.75, 3.05) is 39.3 Å². The molecule has 0 bridgehead atoms. The van der Waals surface area contributed by atoms with E-state index in [4.69, 9.17) is 5.11 Å². The third-order valence-electron chi connectivity index (χ3n) is 3.97. The Kier molecular flexibility index (Phi) is 4.19. The molecule has 1 aliphatic carbocycles. The third kappa shape index (κ3) is 3.00. The van der Waals surface area contributed by atoms with Crippen molar-refractivity contribution in [2.45, 2.75) is 19.3 Å². The lowest BCUT2D eigenvalue weighted by molar-refractivity contribution is -0.154. The standard InChI is InChI=1S/C12H21N3O3/c16-10(8-15-6-4-13-5-7-15)14-9-12(11(17)18)2-1-3-12/h13H,1-9H2,(H,14,16)(H,17,18). The number of carbonyl (C=O) groups is 2. The molecule has 0 unspecified atom stereocenters. The average Bonchev–Trinajstić information content (AvgIpc) is 2.28. The van der Waals surface area contributed by atoms with Crippen molar-refractivity contribution in [2.24, 2.45) is 5.41 Å². The van der Waals surface area contributed by atoms with Gasteiger partial charge in [0.2, 0.25) is 5.91 Å². The van der Waals surface area contributed by atoms with Crippen molar-refractivity contribution in [3.8, 4) is 0 Å². The van der Waals surface area contributed by atoms with Gasteiger partial charge in [0.25, 0.3) is 0 Å². The largest absolute Gasteiger partial charge is 0.481 e. The molecule has 2 fully saturated rings. The molecule has 3 N–H and O–H groups in total. The molecule has 0 spiro atoms. The summed E-state index contributed by atoms with van der Waals surface area (Å²) < 4.78 is 0. The van der Waals surface area contributed by atoms with Crippen LogP contribution < -0.4 is 10.6 Å². The van der Waals surface area contributed by atoms with Gasteiger partial charge in [-0.05, 0) is 12.8 Å². The van der Waals surface area contributed by atoms with E-state index in [1.807, 2.05) is 0 Å². The molecule has 0 atom stereocenters. The van der Waals surface area contributed by atoms with Gasteiger partial charge in [-0.2, -0.15) is 0 Å². The van der Waals surface area contributed by atoms with Gasteiger partial charge in [0.15, 0.2) is 0 Å². The summed E-state index contributed by atoms with van der Waals surface area (Å²) in [6.07, 6.45) is 2.30. The lowest BCUT2D eigenvalue weighted by Gasteiger charge is -2.37. The summed E-state index contributed by atoms with van der Waals surface area (Å²) in [7, 11) is 0. The number of nitrogens with zero attached hydrogens (tertiary/aromatic N) is 1. The van der Waals surface area contributed by atoms with Crippen LogP contribution in [0, 0.1) is 5.41 Å². The fraction of sp³-hybridized carbons (Fsp3) is 0.833. The van der Waals surface area contributed by atoms with Crippen LogP contribution >= 0.6 is 0 Å². The number of hydrogen-bond acceptors (Lipinski definition) is 4. The SMILES string of the molecule is O=C(CN1CCNCC1)NCC1(C(=O)O)CCC1. The van der Waals surface area contributed by atoms with Gasteiger partial charge >= 0.3 is 5.97 Å². The molecule has 1 heterocycles. The molecule has 1 aliphatic heterocycles. The molecule has 6 heteroatoms. The summed E-state index contributed by atoms with van der Waals surface area (Å²) in [5.74, 6) is -0.847. The highest BCUT2D eigenvalue weighted by molar-refractivity contribution is 5.80. The van der Waals surface area contributed by atoms with Crippen LogP contribution in [0.25, 0.3) is 0 Å². The molecule has 0 radical (unpaired) electrons. The van der Waals surface area contributed by atoms with Crippen molar-refractivity contribution in [1.82, 2.24) is 15.5 Å². The van der Waals surface area contributed by atoms with Crippen molar-refractivity contribution >= 4 is 11.9 Å². The molecule has 1 amide bonds. The highest BCUT2D eigenvalue weighted by Gasteiger charge is 2.44. The van der Waals surface area contributed by atoms with E-state index in [1.165, 1.54) is 0 Å². The summed E-state index contributed by atoms with van der Waals surface area (Å²) in [5.41, 5.74) is -0.695. The summed E-state index contributed by atoms with van der Waals surface area (Å²) in [4.78, 5) is 25.0. The third-order valence-corrected chi connectivity index (χ3v) is 3.97. The number of piperazine rings is 1. The number of rotatable bonds is 5. The number of hydrogen-bond donors (Lipinski definition) is 3. The fourth-order valence-corrected chi connectivity index (χ4v) is 2.47. The lowest BCUT2D eigenvalue weighted by Crippen LogP contribution is -2.51. The van der Waals surface area contributed by atoms with Crippen molar-refractivity contribution in [1.29, 1.82) is 0 Å². The second-order valence-corrected chi connectivity index (χ2v) is 5.24. The normalized spacial score (nSPS) is 23.1. The number of amides is 1. The van der Waals surface area contributed by atoms with E-state index in [0.29, 0.717) is 19.4 Å².